The normalized spacial score (nSPS) is 8.93. The second-order valence-electron chi connectivity index (χ2n) is 2.73. The molecule has 0 fully saturated rings. The number of benzene rings is 1. The molecule has 0 aliphatic carbocycles. The summed E-state index contributed by atoms with van der Waals surface area (Å²) in [6.07, 6.45) is 0. The minimum Gasteiger partial charge on any atom is -0.465 e. The van der Waals surface area contributed by atoms with Gasteiger partial charge in [-0.3, -0.25) is 0 Å². The van der Waals surface area contributed by atoms with Gasteiger partial charge in [-0.2, -0.15) is 0 Å². The van der Waals surface area contributed by atoms with Crippen molar-refractivity contribution in [2.45, 2.75) is 0 Å². The molecule has 1 aromatic rings. The van der Waals surface area contributed by atoms with E-state index in [9.17, 15) is 4.79 Å². The van der Waals surface area contributed by atoms with Crippen LogP contribution in [0.2, 0.25) is 0 Å². The van der Waals surface area contributed by atoms with E-state index in [0.29, 0.717) is 16.8 Å². The van der Waals surface area contributed by atoms with Gasteiger partial charge < -0.3 is 10.5 Å². The Kier molecular flexibility index (Phi) is 4.02. The monoisotopic (exact) mass is 223 g/mol. The van der Waals surface area contributed by atoms with Crippen LogP contribution in [-0.4, -0.2) is 19.0 Å². The number of hydrogen-bond donors (Lipinski definition) is 1. The van der Waals surface area contributed by atoms with Crippen LogP contribution in [0, 0.1) is 11.8 Å². The molecular formula is C11H10ClNO2. The van der Waals surface area contributed by atoms with E-state index in [1.54, 1.807) is 12.1 Å². The molecule has 0 spiro atoms. The molecule has 2 N–H and O–H groups in total. The summed E-state index contributed by atoms with van der Waals surface area (Å²) >= 11 is 5.42. The van der Waals surface area contributed by atoms with Crippen molar-refractivity contribution in [2.24, 2.45) is 0 Å². The largest absolute Gasteiger partial charge is 0.465 e. The Morgan fingerprint density at radius 3 is 2.87 bits per heavy atom. The zero-order valence-electron chi connectivity index (χ0n) is 8.21. The average Bonchev–Trinajstić information content (AvgIpc) is 2.26. The Morgan fingerprint density at radius 2 is 2.33 bits per heavy atom. The molecule has 0 saturated carbocycles. The molecule has 1 rings (SSSR count). The van der Waals surface area contributed by atoms with Gasteiger partial charge in [-0.15, -0.1) is 11.6 Å². The van der Waals surface area contributed by atoms with E-state index in [1.165, 1.54) is 13.2 Å². The maximum absolute atomic E-state index is 11.2. The number of ether oxygens (including phenoxy) is 1. The van der Waals surface area contributed by atoms with E-state index in [1.807, 2.05) is 0 Å². The van der Waals surface area contributed by atoms with E-state index in [-0.39, 0.29) is 5.88 Å². The van der Waals surface area contributed by atoms with E-state index in [4.69, 9.17) is 17.3 Å². The molecule has 0 bridgehead atoms. The predicted octanol–water partition coefficient (Wildman–Crippen LogP) is 1.65. The number of nitrogen functional groups attached to an aromatic ring is 1. The second-order valence-corrected chi connectivity index (χ2v) is 3.00. The lowest BCUT2D eigenvalue weighted by Crippen LogP contribution is -2.02. The van der Waals surface area contributed by atoms with Gasteiger partial charge in [-0.25, -0.2) is 4.79 Å². The van der Waals surface area contributed by atoms with Crippen molar-refractivity contribution in [1.29, 1.82) is 0 Å². The summed E-state index contributed by atoms with van der Waals surface area (Å²) in [7, 11) is 1.32. The average molecular weight is 224 g/mol. The first-order chi connectivity index (χ1) is 7.19. The molecule has 0 aliphatic heterocycles. The Hall–Kier alpha value is -1.66. The van der Waals surface area contributed by atoms with Crippen molar-refractivity contribution < 1.29 is 9.53 Å². The number of nitrogens with two attached hydrogens (primary N) is 1. The van der Waals surface area contributed by atoms with Gasteiger partial charge in [-0.1, -0.05) is 11.8 Å². The van der Waals surface area contributed by atoms with Crippen LogP contribution in [0.3, 0.4) is 0 Å². The second kappa shape index (κ2) is 5.28. The van der Waals surface area contributed by atoms with Gasteiger partial charge in [0.05, 0.1) is 18.6 Å². The van der Waals surface area contributed by atoms with Crippen molar-refractivity contribution >= 4 is 23.3 Å². The summed E-state index contributed by atoms with van der Waals surface area (Å²) < 4.78 is 4.56. The Morgan fingerprint density at radius 1 is 1.60 bits per heavy atom. The van der Waals surface area contributed by atoms with E-state index in [0.717, 1.165) is 0 Å². The number of carbonyl (C=O) groups excluding carboxylic acids is 1. The van der Waals surface area contributed by atoms with Crippen molar-refractivity contribution in [3.63, 3.8) is 0 Å². The van der Waals surface area contributed by atoms with Crippen molar-refractivity contribution in [1.82, 2.24) is 0 Å². The first-order valence-electron chi connectivity index (χ1n) is 4.21. The van der Waals surface area contributed by atoms with Crippen molar-refractivity contribution in [2.75, 3.05) is 18.7 Å². The topological polar surface area (TPSA) is 52.3 Å². The van der Waals surface area contributed by atoms with Crippen LogP contribution in [0.1, 0.15) is 15.9 Å². The number of hydrogen-bond acceptors (Lipinski definition) is 3. The van der Waals surface area contributed by atoms with Gasteiger partial charge in [0.15, 0.2) is 0 Å². The zero-order valence-corrected chi connectivity index (χ0v) is 8.97. The van der Waals surface area contributed by atoms with Gasteiger partial charge in [-0.05, 0) is 18.2 Å². The molecule has 0 heterocycles. The molecule has 15 heavy (non-hydrogen) atoms. The summed E-state index contributed by atoms with van der Waals surface area (Å²) in [5.41, 5.74) is 7.21. The fourth-order valence-corrected chi connectivity index (χ4v) is 1.12. The number of anilines is 1. The molecule has 0 unspecified atom stereocenters. The Labute approximate surface area is 93.2 Å². The molecule has 0 aliphatic rings. The number of halogens is 1. The van der Waals surface area contributed by atoms with Gasteiger partial charge in [0, 0.05) is 11.3 Å². The lowest BCUT2D eigenvalue weighted by molar-refractivity contribution is 0.0601. The Balaban J connectivity index is 3.03. The molecule has 4 heteroatoms. The lowest BCUT2D eigenvalue weighted by Gasteiger charge is -2.02. The highest BCUT2D eigenvalue weighted by Crippen LogP contribution is 2.13. The highest BCUT2D eigenvalue weighted by molar-refractivity contribution is 6.19. The molecule has 0 saturated heterocycles. The molecule has 1 aromatic carbocycles. The van der Waals surface area contributed by atoms with Crippen LogP contribution in [-0.2, 0) is 4.74 Å². The van der Waals surface area contributed by atoms with E-state index < -0.39 is 5.97 Å². The van der Waals surface area contributed by atoms with Gasteiger partial charge >= 0.3 is 5.97 Å². The van der Waals surface area contributed by atoms with Gasteiger partial charge in [0.2, 0.25) is 0 Å². The van der Waals surface area contributed by atoms with Crippen LogP contribution < -0.4 is 5.73 Å². The lowest BCUT2D eigenvalue weighted by atomic mass is 10.1. The first kappa shape index (κ1) is 11.4. The number of methoxy groups -OCH3 is 1. The highest BCUT2D eigenvalue weighted by Gasteiger charge is 2.06. The van der Waals surface area contributed by atoms with Crippen LogP contribution in [0.25, 0.3) is 0 Å². The van der Waals surface area contributed by atoms with Crippen LogP contribution in [0.4, 0.5) is 5.69 Å². The summed E-state index contributed by atoms with van der Waals surface area (Å²) in [5, 5.41) is 0. The standard InChI is InChI=1S/C11H10ClNO2/c1-15-11(14)9-5-4-8(3-2-6-12)10(13)7-9/h4-5,7H,6,13H2,1H3. The third-order valence-corrected chi connectivity index (χ3v) is 1.90. The summed E-state index contributed by atoms with van der Waals surface area (Å²) in [6.45, 7) is 0. The summed E-state index contributed by atoms with van der Waals surface area (Å²) in [6, 6.07) is 4.81. The van der Waals surface area contributed by atoms with Crippen molar-refractivity contribution in [3.8, 4) is 11.8 Å². The van der Waals surface area contributed by atoms with E-state index in [2.05, 4.69) is 16.6 Å². The number of alkyl halides is 1. The summed E-state index contributed by atoms with van der Waals surface area (Å²) in [4.78, 5) is 11.2. The zero-order chi connectivity index (χ0) is 11.3. The fraction of sp³-hybridized carbons (Fsp3) is 0.182. The molecule has 0 amide bonds. The van der Waals surface area contributed by atoms with Gasteiger partial charge in [0.25, 0.3) is 0 Å². The van der Waals surface area contributed by atoms with Crippen LogP contribution >= 0.6 is 11.6 Å². The maximum atomic E-state index is 11.2. The van der Waals surface area contributed by atoms with E-state index >= 15 is 0 Å². The third-order valence-electron chi connectivity index (χ3n) is 1.76. The molecule has 0 radical (unpaired) electrons. The third kappa shape index (κ3) is 2.90. The molecule has 78 valence electrons. The fourth-order valence-electron chi connectivity index (χ4n) is 1.05. The first-order valence-corrected chi connectivity index (χ1v) is 4.75. The summed E-state index contributed by atoms with van der Waals surface area (Å²) in [5.74, 6) is 5.31. The Bertz CT molecular complexity index is 432. The van der Waals surface area contributed by atoms with Crippen LogP contribution in [0.15, 0.2) is 18.2 Å². The highest BCUT2D eigenvalue weighted by atomic mass is 35.5. The number of rotatable bonds is 1. The molecule has 0 aromatic heterocycles. The van der Waals surface area contributed by atoms with Crippen molar-refractivity contribution in [3.05, 3.63) is 29.3 Å². The predicted molar refractivity (Wildman–Crippen MR) is 59.8 cm³/mol. The molecule has 0 atom stereocenters. The SMILES string of the molecule is COC(=O)c1ccc(C#CCCl)c(N)c1. The molecular weight excluding hydrogens is 214 g/mol. The number of carbonyl (C=O) groups is 1. The van der Waals surface area contributed by atoms with Gasteiger partial charge in [0.1, 0.15) is 0 Å². The molecule has 3 nitrogen and oxygen atoms in total. The number of esters is 1. The van der Waals surface area contributed by atoms with Crippen LogP contribution in [0.5, 0.6) is 0 Å². The minimum atomic E-state index is -0.418. The quantitative estimate of drug-likeness (QED) is 0.341. The minimum absolute atomic E-state index is 0.248. The smallest absolute Gasteiger partial charge is 0.337 e. The maximum Gasteiger partial charge on any atom is 0.337 e.